The summed E-state index contributed by atoms with van der Waals surface area (Å²) in [5, 5.41) is 33.0. The smallest absolute Gasteiger partial charge is 0.222 e. The highest BCUT2D eigenvalue weighted by atomic mass is 16.3. The summed E-state index contributed by atoms with van der Waals surface area (Å²) in [6.45, 7) is 4.18. The number of carbonyl (C=O) groups excluding carboxylic acids is 1. The molecule has 0 rings (SSSR count). The molecule has 3 unspecified atom stereocenters. The van der Waals surface area contributed by atoms with Crippen molar-refractivity contribution in [3.05, 3.63) is 36.5 Å². The van der Waals surface area contributed by atoms with Crippen molar-refractivity contribution in [2.45, 2.75) is 218 Å². The second-order valence-electron chi connectivity index (χ2n) is 13.9. The summed E-state index contributed by atoms with van der Waals surface area (Å²) in [5.74, 6) is -0.331. The first kappa shape index (κ1) is 45.6. The van der Waals surface area contributed by atoms with Crippen LogP contribution in [-0.2, 0) is 4.79 Å². The Labute approximate surface area is 292 Å². The van der Waals surface area contributed by atoms with Gasteiger partial charge in [-0.25, -0.2) is 0 Å². The number of allylic oxidation sites excluding steroid dienone is 5. The zero-order chi connectivity index (χ0) is 34.5. The molecule has 0 aliphatic carbocycles. The van der Waals surface area contributed by atoms with Gasteiger partial charge in [-0.3, -0.25) is 4.79 Å². The van der Waals surface area contributed by atoms with Gasteiger partial charge in [0.25, 0.3) is 0 Å². The van der Waals surface area contributed by atoms with Gasteiger partial charge in [-0.2, -0.15) is 0 Å². The molecule has 0 spiro atoms. The van der Waals surface area contributed by atoms with Crippen molar-refractivity contribution in [3.63, 3.8) is 0 Å². The van der Waals surface area contributed by atoms with Crippen molar-refractivity contribution in [2.75, 3.05) is 6.61 Å². The topological polar surface area (TPSA) is 89.8 Å². The molecule has 47 heavy (non-hydrogen) atoms. The number of hydrogen-bond donors (Lipinski definition) is 4. The highest BCUT2D eigenvalue weighted by Gasteiger charge is 2.20. The molecule has 0 radical (unpaired) electrons. The average Bonchev–Trinajstić information content (AvgIpc) is 3.06. The van der Waals surface area contributed by atoms with Crippen LogP contribution in [0, 0.1) is 0 Å². The summed E-state index contributed by atoms with van der Waals surface area (Å²) in [4.78, 5) is 12.4. The summed E-state index contributed by atoms with van der Waals surface area (Å²) in [7, 11) is 0. The van der Waals surface area contributed by atoms with Gasteiger partial charge >= 0.3 is 0 Å². The SMILES string of the molecule is CCCCCCCCCCCCC/C=C/CC/C=C/CC/C=C/C(O)C(CO)NC(=O)CC(O)CCCCCCCCCCCCC. The molecule has 0 heterocycles. The molecule has 0 saturated heterocycles. The minimum absolute atomic E-state index is 0.00400. The molecule has 1 amide bonds. The van der Waals surface area contributed by atoms with Crippen molar-refractivity contribution in [3.8, 4) is 0 Å². The molecule has 0 bridgehead atoms. The zero-order valence-electron chi connectivity index (χ0n) is 31.2. The van der Waals surface area contributed by atoms with E-state index in [1.807, 2.05) is 6.08 Å². The number of unbranched alkanes of at least 4 members (excludes halogenated alkanes) is 23. The minimum Gasteiger partial charge on any atom is -0.394 e. The van der Waals surface area contributed by atoms with Crippen molar-refractivity contribution >= 4 is 5.91 Å². The molecular formula is C42H79NO4. The van der Waals surface area contributed by atoms with Gasteiger partial charge in [0.1, 0.15) is 0 Å². The molecule has 0 aromatic heterocycles. The van der Waals surface area contributed by atoms with E-state index in [4.69, 9.17) is 0 Å². The van der Waals surface area contributed by atoms with Gasteiger partial charge in [0.15, 0.2) is 0 Å². The van der Waals surface area contributed by atoms with Crippen LogP contribution >= 0.6 is 0 Å². The average molecular weight is 662 g/mol. The summed E-state index contributed by atoms with van der Waals surface area (Å²) >= 11 is 0. The Morgan fingerprint density at radius 1 is 0.532 bits per heavy atom. The molecule has 0 fully saturated rings. The van der Waals surface area contributed by atoms with E-state index in [1.165, 1.54) is 135 Å². The highest BCUT2D eigenvalue weighted by molar-refractivity contribution is 5.76. The fraction of sp³-hybridized carbons (Fsp3) is 0.833. The molecule has 5 heteroatoms. The molecule has 3 atom stereocenters. The van der Waals surface area contributed by atoms with Gasteiger partial charge < -0.3 is 20.6 Å². The van der Waals surface area contributed by atoms with Gasteiger partial charge in [0.2, 0.25) is 5.91 Å². The fourth-order valence-electron chi connectivity index (χ4n) is 6.02. The monoisotopic (exact) mass is 662 g/mol. The maximum Gasteiger partial charge on any atom is 0.222 e. The summed E-state index contributed by atoms with van der Waals surface area (Å²) < 4.78 is 0. The fourth-order valence-corrected chi connectivity index (χ4v) is 6.02. The minimum atomic E-state index is -0.956. The Balaban J connectivity index is 3.77. The standard InChI is InChI=1S/C42H79NO4/c1-3-5-7-9-11-13-15-16-17-18-19-20-21-22-23-24-26-28-30-32-34-36-41(46)40(38-44)43-42(47)37-39(45)35-33-31-29-27-25-14-12-10-8-6-4-2/h21-22,26,28,34,36,39-41,44-46H,3-20,23-25,27,29-33,35,37-38H2,1-2H3,(H,43,47)/b22-21+,28-26+,36-34+. The maximum atomic E-state index is 12.4. The molecule has 0 aromatic rings. The molecule has 0 saturated carbocycles. The van der Waals surface area contributed by atoms with Gasteiger partial charge in [-0.1, -0.05) is 185 Å². The van der Waals surface area contributed by atoms with Crippen LogP contribution in [-0.4, -0.2) is 46.1 Å². The second-order valence-corrected chi connectivity index (χ2v) is 13.9. The van der Waals surface area contributed by atoms with Crippen molar-refractivity contribution in [1.82, 2.24) is 5.32 Å². The molecule has 276 valence electrons. The van der Waals surface area contributed by atoms with Crippen molar-refractivity contribution in [1.29, 1.82) is 0 Å². The van der Waals surface area contributed by atoms with E-state index in [1.54, 1.807) is 6.08 Å². The Hall–Kier alpha value is -1.43. The number of nitrogens with one attached hydrogen (secondary N) is 1. The number of rotatable bonds is 36. The lowest BCUT2D eigenvalue weighted by atomic mass is 10.0. The Kier molecular flexibility index (Phi) is 36.3. The normalized spacial score (nSPS) is 14.1. The van der Waals surface area contributed by atoms with Crippen LogP contribution in [0.2, 0.25) is 0 Å². The van der Waals surface area contributed by atoms with Crippen molar-refractivity contribution < 1.29 is 20.1 Å². The first-order valence-electron chi connectivity index (χ1n) is 20.3. The third-order valence-electron chi connectivity index (χ3n) is 9.16. The largest absolute Gasteiger partial charge is 0.394 e. The van der Waals surface area contributed by atoms with Gasteiger partial charge in [-0.05, 0) is 44.9 Å². The summed E-state index contributed by atoms with van der Waals surface area (Å²) in [6, 6.07) is -0.764. The molecular weight excluding hydrogens is 582 g/mol. The lowest BCUT2D eigenvalue weighted by molar-refractivity contribution is -0.124. The molecule has 4 N–H and O–H groups in total. The molecule has 0 aliphatic rings. The van der Waals surface area contributed by atoms with Crippen LogP contribution in [0.3, 0.4) is 0 Å². The third kappa shape index (κ3) is 34.2. The van der Waals surface area contributed by atoms with E-state index in [-0.39, 0.29) is 18.9 Å². The Morgan fingerprint density at radius 3 is 1.36 bits per heavy atom. The van der Waals surface area contributed by atoms with Crippen molar-refractivity contribution in [2.24, 2.45) is 0 Å². The third-order valence-corrected chi connectivity index (χ3v) is 9.16. The highest BCUT2D eigenvalue weighted by Crippen LogP contribution is 2.14. The first-order valence-corrected chi connectivity index (χ1v) is 20.3. The van der Waals surface area contributed by atoms with Crippen LogP contribution in [0.25, 0.3) is 0 Å². The number of carbonyl (C=O) groups is 1. The predicted octanol–water partition coefficient (Wildman–Crippen LogP) is 11.2. The van der Waals surface area contributed by atoms with Crippen LogP contribution in [0.15, 0.2) is 36.5 Å². The van der Waals surface area contributed by atoms with Crippen LogP contribution in [0.4, 0.5) is 0 Å². The number of aliphatic hydroxyl groups is 3. The Bertz CT molecular complexity index is 734. The summed E-state index contributed by atoms with van der Waals surface area (Å²) in [6.07, 6.45) is 45.7. The van der Waals surface area contributed by atoms with E-state index < -0.39 is 18.2 Å². The zero-order valence-corrected chi connectivity index (χ0v) is 31.2. The second kappa shape index (κ2) is 37.4. The van der Waals surface area contributed by atoms with Crippen LogP contribution in [0.5, 0.6) is 0 Å². The molecule has 0 aliphatic heterocycles. The van der Waals surface area contributed by atoms with E-state index in [0.29, 0.717) is 6.42 Å². The Morgan fingerprint density at radius 2 is 0.915 bits per heavy atom. The molecule has 0 aromatic carbocycles. The van der Waals surface area contributed by atoms with Gasteiger partial charge in [0.05, 0.1) is 31.3 Å². The van der Waals surface area contributed by atoms with E-state index in [0.717, 1.165) is 38.5 Å². The lowest BCUT2D eigenvalue weighted by Gasteiger charge is -2.21. The van der Waals surface area contributed by atoms with Crippen LogP contribution in [0.1, 0.15) is 200 Å². The van der Waals surface area contributed by atoms with Crippen LogP contribution < -0.4 is 5.32 Å². The number of hydrogen-bond acceptors (Lipinski definition) is 4. The van der Waals surface area contributed by atoms with E-state index >= 15 is 0 Å². The number of amides is 1. The number of aliphatic hydroxyl groups excluding tert-OH is 3. The predicted molar refractivity (Wildman–Crippen MR) is 204 cm³/mol. The van der Waals surface area contributed by atoms with Gasteiger partial charge in [0, 0.05) is 0 Å². The first-order chi connectivity index (χ1) is 23.0. The quantitative estimate of drug-likeness (QED) is 0.0397. The molecule has 5 nitrogen and oxygen atoms in total. The van der Waals surface area contributed by atoms with E-state index in [2.05, 4.69) is 43.5 Å². The van der Waals surface area contributed by atoms with Gasteiger partial charge in [-0.15, -0.1) is 0 Å². The lowest BCUT2D eigenvalue weighted by Crippen LogP contribution is -2.45. The summed E-state index contributed by atoms with van der Waals surface area (Å²) in [5.41, 5.74) is 0. The maximum absolute atomic E-state index is 12.4. The van der Waals surface area contributed by atoms with E-state index in [9.17, 15) is 20.1 Å².